The molecule has 1 aromatic heterocycles. The van der Waals surface area contributed by atoms with Gasteiger partial charge in [-0.2, -0.15) is 13.2 Å². The smallest absolute Gasteiger partial charge is 0.304 e. The molecule has 156 valence electrons. The first kappa shape index (κ1) is 20.1. The topological polar surface area (TPSA) is 12.9 Å². The van der Waals surface area contributed by atoms with Crippen LogP contribution in [0, 0.1) is 11.9 Å². The fourth-order valence-corrected chi connectivity index (χ4v) is 5.05. The van der Waals surface area contributed by atoms with Crippen LogP contribution in [0.1, 0.15) is 27.8 Å². The standard InChI is InChI=1S/C25H12F4N.Pt/c26-15-8-10-17-16-9-7-14(25(27,28)29)12-21(16)24(22(17)13-15)19-5-2-1-4-18(19)23-20(24)6-3-11-30-23;/h1-3,5-13H;/q-1;. The third kappa shape index (κ3) is 2.50. The zero-order chi connectivity index (χ0) is 20.7. The molecule has 0 radical (unpaired) electrons. The van der Waals surface area contributed by atoms with Crippen molar-refractivity contribution in [2.45, 2.75) is 11.6 Å². The molecule has 0 N–H and O–H groups in total. The van der Waals surface area contributed by atoms with Gasteiger partial charge in [0, 0.05) is 32.7 Å². The van der Waals surface area contributed by atoms with Crippen molar-refractivity contribution in [1.29, 1.82) is 0 Å². The van der Waals surface area contributed by atoms with Crippen LogP contribution in [0.3, 0.4) is 0 Å². The number of aromatic nitrogens is 1. The molecule has 6 heteroatoms. The van der Waals surface area contributed by atoms with E-state index in [4.69, 9.17) is 0 Å². The van der Waals surface area contributed by atoms with E-state index in [0.717, 1.165) is 28.3 Å². The van der Waals surface area contributed by atoms with E-state index < -0.39 is 23.0 Å². The number of pyridine rings is 1. The van der Waals surface area contributed by atoms with Crippen LogP contribution < -0.4 is 0 Å². The first-order valence-corrected chi connectivity index (χ1v) is 9.41. The Balaban J connectivity index is 0.00000204. The molecule has 1 heterocycles. The summed E-state index contributed by atoms with van der Waals surface area (Å²) < 4.78 is 55.4. The average Bonchev–Trinajstić information content (AvgIpc) is 3.19. The minimum Gasteiger partial charge on any atom is -0.304 e. The zero-order valence-electron chi connectivity index (χ0n) is 15.7. The fourth-order valence-electron chi connectivity index (χ4n) is 5.05. The first-order valence-electron chi connectivity index (χ1n) is 9.41. The molecule has 0 bridgehead atoms. The van der Waals surface area contributed by atoms with Gasteiger partial charge in [-0.25, -0.2) is 4.39 Å². The molecular weight excluding hydrogens is 585 g/mol. The second-order valence-corrected chi connectivity index (χ2v) is 7.56. The minimum atomic E-state index is -4.49. The minimum absolute atomic E-state index is 0. The van der Waals surface area contributed by atoms with E-state index in [1.807, 2.05) is 12.1 Å². The molecule has 0 aliphatic heterocycles. The van der Waals surface area contributed by atoms with Gasteiger partial charge in [0.2, 0.25) is 0 Å². The molecule has 4 aromatic rings. The van der Waals surface area contributed by atoms with Crippen molar-refractivity contribution >= 4 is 0 Å². The van der Waals surface area contributed by atoms with Crippen molar-refractivity contribution in [2.24, 2.45) is 0 Å². The Kier molecular flexibility index (Phi) is 4.29. The van der Waals surface area contributed by atoms with Gasteiger partial charge in [0.1, 0.15) is 5.82 Å². The Labute approximate surface area is 190 Å². The van der Waals surface area contributed by atoms with Crippen molar-refractivity contribution < 1.29 is 38.6 Å². The van der Waals surface area contributed by atoms with Crippen LogP contribution in [0.2, 0.25) is 0 Å². The quantitative estimate of drug-likeness (QED) is 0.146. The number of halogens is 4. The third-order valence-corrected chi connectivity index (χ3v) is 6.14. The predicted molar refractivity (Wildman–Crippen MR) is 104 cm³/mol. The van der Waals surface area contributed by atoms with Crippen LogP contribution in [0.4, 0.5) is 17.6 Å². The summed E-state index contributed by atoms with van der Waals surface area (Å²) >= 11 is 0. The molecule has 1 nitrogen and oxygen atoms in total. The monoisotopic (exact) mass is 597 g/mol. The summed E-state index contributed by atoms with van der Waals surface area (Å²) in [5.41, 5.74) is 3.63. The molecule has 0 fully saturated rings. The molecule has 2 aliphatic carbocycles. The zero-order valence-corrected chi connectivity index (χ0v) is 18.0. The molecule has 0 saturated carbocycles. The Morgan fingerprint density at radius 1 is 0.806 bits per heavy atom. The van der Waals surface area contributed by atoms with Gasteiger partial charge in [0.15, 0.2) is 0 Å². The summed E-state index contributed by atoms with van der Waals surface area (Å²) in [7, 11) is 0. The van der Waals surface area contributed by atoms with Crippen LogP contribution >= 0.6 is 0 Å². The number of benzene rings is 3. The Hall–Kier alpha value is -2.78. The van der Waals surface area contributed by atoms with Crippen molar-refractivity contribution in [2.75, 3.05) is 0 Å². The van der Waals surface area contributed by atoms with Gasteiger partial charge in [-0.1, -0.05) is 23.8 Å². The Bertz CT molecular complexity index is 1310. The molecule has 0 saturated heterocycles. The van der Waals surface area contributed by atoms with Crippen molar-refractivity contribution in [1.82, 2.24) is 4.98 Å². The SMILES string of the molecule is Fc1ccc2c(c1)C1(c3ccc[c-]c3-c3ncccc31)c1cc(C(F)(F)F)ccc1-2.[Pt]. The van der Waals surface area contributed by atoms with Gasteiger partial charge < -0.3 is 4.98 Å². The maximum atomic E-state index is 14.4. The van der Waals surface area contributed by atoms with E-state index in [1.165, 1.54) is 24.3 Å². The summed E-state index contributed by atoms with van der Waals surface area (Å²) in [4.78, 5) is 4.51. The van der Waals surface area contributed by atoms with Gasteiger partial charge in [0.05, 0.1) is 5.56 Å². The molecule has 6 rings (SSSR count). The number of nitrogens with zero attached hydrogens (tertiary/aromatic N) is 1. The summed E-state index contributed by atoms with van der Waals surface area (Å²) in [5, 5.41) is 0. The molecule has 1 atom stereocenters. The summed E-state index contributed by atoms with van der Waals surface area (Å²) in [6, 6.07) is 20.4. The van der Waals surface area contributed by atoms with E-state index in [0.29, 0.717) is 22.4 Å². The maximum Gasteiger partial charge on any atom is 0.416 e. The number of hydrogen-bond donors (Lipinski definition) is 0. The van der Waals surface area contributed by atoms with E-state index in [9.17, 15) is 17.6 Å². The first-order chi connectivity index (χ1) is 14.4. The largest absolute Gasteiger partial charge is 0.416 e. The van der Waals surface area contributed by atoms with Crippen molar-refractivity contribution in [3.05, 3.63) is 113 Å². The molecular formula is C25H12F4NPt-. The van der Waals surface area contributed by atoms with Crippen molar-refractivity contribution in [3.8, 4) is 22.4 Å². The van der Waals surface area contributed by atoms with E-state index in [1.54, 1.807) is 30.5 Å². The van der Waals surface area contributed by atoms with Crippen molar-refractivity contribution in [3.63, 3.8) is 0 Å². The van der Waals surface area contributed by atoms with Gasteiger partial charge in [0.25, 0.3) is 0 Å². The van der Waals surface area contributed by atoms with Crippen LogP contribution in [0.25, 0.3) is 22.4 Å². The van der Waals surface area contributed by atoms with Crippen LogP contribution in [0.5, 0.6) is 0 Å². The number of rotatable bonds is 0. The molecule has 31 heavy (non-hydrogen) atoms. The number of alkyl halides is 3. The fraction of sp³-hybridized carbons (Fsp3) is 0.0800. The van der Waals surface area contributed by atoms with Gasteiger partial charge in [-0.3, -0.25) is 0 Å². The third-order valence-electron chi connectivity index (χ3n) is 6.14. The van der Waals surface area contributed by atoms with Crippen LogP contribution in [-0.4, -0.2) is 4.98 Å². The molecule has 0 amide bonds. The summed E-state index contributed by atoms with van der Waals surface area (Å²) in [5.74, 6) is -0.434. The average molecular weight is 597 g/mol. The second-order valence-electron chi connectivity index (χ2n) is 7.56. The van der Waals surface area contributed by atoms with E-state index >= 15 is 0 Å². The van der Waals surface area contributed by atoms with Crippen LogP contribution in [-0.2, 0) is 32.7 Å². The van der Waals surface area contributed by atoms with Gasteiger partial charge in [-0.05, 0) is 58.3 Å². The van der Waals surface area contributed by atoms with E-state index in [2.05, 4.69) is 11.1 Å². The van der Waals surface area contributed by atoms with Gasteiger partial charge in [-0.15, -0.1) is 35.4 Å². The molecule has 2 aliphatic rings. The van der Waals surface area contributed by atoms with Crippen LogP contribution in [0.15, 0.2) is 72.9 Å². The summed E-state index contributed by atoms with van der Waals surface area (Å²) in [6.45, 7) is 0. The number of fused-ring (bicyclic) bond motifs is 10. The van der Waals surface area contributed by atoms with E-state index in [-0.39, 0.29) is 21.1 Å². The molecule has 1 spiro atoms. The molecule has 3 aromatic carbocycles. The normalized spacial score (nSPS) is 17.5. The second kappa shape index (κ2) is 6.61. The molecule has 1 unspecified atom stereocenters. The number of hydrogen-bond acceptors (Lipinski definition) is 1. The van der Waals surface area contributed by atoms with Gasteiger partial charge >= 0.3 is 6.18 Å². The maximum absolute atomic E-state index is 14.4. The predicted octanol–water partition coefficient (Wildman–Crippen LogP) is 6.38. The Morgan fingerprint density at radius 2 is 1.52 bits per heavy atom. The Morgan fingerprint density at radius 3 is 2.29 bits per heavy atom. The summed E-state index contributed by atoms with van der Waals surface area (Å²) in [6.07, 6.45) is -2.84.